The molecule has 32 heavy (non-hydrogen) atoms. The van der Waals surface area contributed by atoms with E-state index in [0.29, 0.717) is 22.8 Å². The molecular weight excluding hydrogens is 438 g/mol. The van der Waals surface area contributed by atoms with Gasteiger partial charge in [-0.15, -0.1) is 5.10 Å². The van der Waals surface area contributed by atoms with Gasteiger partial charge in [0.1, 0.15) is 0 Å². The van der Waals surface area contributed by atoms with Gasteiger partial charge in [-0.05, 0) is 31.2 Å². The fraction of sp³-hybridized carbons (Fsp3) is 0.286. The molecule has 0 radical (unpaired) electrons. The average Bonchev–Trinajstić information content (AvgIpc) is 3.25. The molecular formula is C21H23N3O7S. The van der Waals surface area contributed by atoms with Gasteiger partial charge in [0, 0.05) is 12.0 Å². The van der Waals surface area contributed by atoms with Gasteiger partial charge in [-0.25, -0.2) is 8.42 Å². The SMILES string of the molecule is COc1cc(-c2nnc(NC(=O)CCS(=O)(=O)c3ccc(C)cc3)o2)cc(OC)c1OC. The zero-order chi connectivity index (χ0) is 23.3. The van der Waals surface area contributed by atoms with Crippen LogP contribution in [0.4, 0.5) is 6.01 Å². The molecule has 11 heteroatoms. The van der Waals surface area contributed by atoms with Crippen molar-refractivity contribution < 1.29 is 31.8 Å². The van der Waals surface area contributed by atoms with Crippen LogP contribution < -0.4 is 19.5 Å². The first-order chi connectivity index (χ1) is 15.3. The Morgan fingerprint density at radius 2 is 1.62 bits per heavy atom. The fourth-order valence-electron chi connectivity index (χ4n) is 2.87. The third-order valence-electron chi connectivity index (χ3n) is 4.56. The minimum absolute atomic E-state index is 0.104. The lowest BCUT2D eigenvalue weighted by atomic mass is 10.2. The Morgan fingerprint density at radius 3 is 2.19 bits per heavy atom. The van der Waals surface area contributed by atoms with E-state index in [0.717, 1.165) is 5.56 Å². The van der Waals surface area contributed by atoms with Crippen molar-refractivity contribution in [3.63, 3.8) is 0 Å². The Kier molecular flexibility index (Phi) is 6.98. The van der Waals surface area contributed by atoms with Crippen LogP contribution in [0.3, 0.4) is 0 Å². The van der Waals surface area contributed by atoms with Gasteiger partial charge in [-0.1, -0.05) is 22.8 Å². The predicted octanol–water partition coefficient (Wildman–Crippen LogP) is 2.87. The van der Waals surface area contributed by atoms with Crippen molar-refractivity contribution in [1.82, 2.24) is 10.2 Å². The maximum atomic E-state index is 12.4. The van der Waals surface area contributed by atoms with Crippen molar-refractivity contribution in [3.8, 4) is 28.7 Å². The summed E-state index contributed by atoms with van der Waals surface area (Å²) < 4.78 is 46.2. The van der Waals surface area contributed by atoms with Gasteiger partial charge in [0.25, 0.3) is 0 Å². The first-order valence-corrected chi connectivity index (χ1v) is 11.2. The maximum absolute atomic E-state index is 12.4. The third-order valence-corrected chi connectivity index (χ3v) is 6.29. The highest BCUT2D eigenvalue weighted by Crippen LogP contribution is 2.41. The van der Waals surface area contributed by atoms with E-state index in [1.165, 1.54) is 33.5 Å². The highest BCUT2D eigenvalue weighted by molar-refractivity contribution is 7.91. The normalized spacial score (nSPS) is 11.1. The Bertz CT molecular complexity index is 1180. The van der Waals surface area contributed by atoms with Crippen molar-refractivity contribution >= 4 is 21.8 Å². The number of carbonyl (C=O) groups excluding carboxylic acids is 1. The number of benzene rings is 2. The molecule has 0 aliphatic carbocycles. The van der Waals surface area contributed by atoms with Gasteiger partial charge in [0.15, 0.2) is 21.3 Å². The number of nitrogens with one attached hydrogen (secondary N) is 1. The van der Waals surface area contributed by atoms with E-state index in [1.54, 1.807) is 24.3 Å². The number of aromatic nitrogens is 2. The van der Waals surface area contributed by atoms with Gasteiger partial charge in [-0.2, -0.15) is 0 Å². The van der Waals surface area contributed by atoms with Crippen molar-refractivity contribution in [2.45, 2.75) is 18.2 Å². The highest BCUT2D eigenvalue weighted by atomic mass is 32.2. The summed E-state index contributed by atoms with van der Waals surface area (Å²) in [7, 11) is 0.849. The van der Waals surface area contributed by atoms with Gasteiger partial charge in [-0.3, -0.25) is 10.1 Å². The summed E-state index contributed by atoms with van der Waals surface area (Å²) in [6, 6.07) is 9.52. The van der Waals surface area contributed by atoms with Gasteiger partial charge >= 0.3 is 6.01 Å². The lowest BCUT2D eigenvalue weighted by Gasteiger charge is -2.12. The molecule has 10 nitrogen and oxygen atoms in total. The molecule has 3 rings (SSSR count). The summed E-state index contributed by atoms with van der Waals surface area (Å²) >= 11 is 0. The lowest BCUT2D eigenvalue weighted by molar-refractivity contribution is -0.115. The van der Waals surface area contributed by atoms with E-state index in [4.69, 9.17) is 18.6 Å². The number of amides is 1. The summed E-state index contributed by atoms with van der Waals surface area (Å²) in [5.74, 6) is 0.378. The third kappa shape index (κ3) is 5.17. The monoisotopic (exact) mass is 461 g/mol. The molecule has 0 saturated heterocycles. The lowest BCUT2D eigenvalue weighted by Crippen LogP contribution is -2.17. The van der Waals surface area contributed by atoms with Gasteiger partial charge < -0.3 is 18.6 Å². The van der Waals surface area contributed by atoms with Gasteiger partial charge in [0.2, 0.25) is 17.5 Å². The van der Waals surface area contributed by atoms with E-state index in [1.807, 2.05) is 6.92 Å². The maximum Gasteiger partial charge on any atom is 0.322 e. The Morgan fingerprint density at radius 1 is 1.00 bits per heavy atom. The van der Waals surface area contributed by atoms with Crippen LogP contribution in [0.5, 0.6) is 17.2 Å². The van der Waals surface area contributed by atoms with E-state index in [-0.39, 0.29) is 29.0 Å². The number of rotatable bonds is 9. The minimum Gasteiger partial charge on any atom is -0.493 e. The van der Waals surface area contributed by atoms with Crippen LogP contribution >= 0.6 is 0 Å². The molecule has 1 amide bonds. The molecule has 1 heterocycles. The number of carbonyl (C=O) groups is 1. The molecule has 0 atom stereocenters. The number of methoxy groups -OCH3 is 3. The quantitative estimate of drug-likeness (QED) is 0.511. The summed E-state index contributed by atoms with van der Waals surface area (Å²) in [6.45, 7) is 1.86. The molecule has 0 spiro atoms. The number of nitrogens with zero attached hydrogens (tertiary/aromatic N) is 2. The van der Waals surface area contributed by atoms with Crippen molar-refractivity contribution in [1.29, 1.82) is 0 Å². The summed E-state index contributed by atoms with van der Waals surface area (Å²) in [4.78, 5) is 12.4. The Hall–Kier alpha value is -3.60. The molecule has 0 aliphatic rings. The Labute approximate surface area is 185 Å². The first-order valence-electron chi connectivity index (χ1n) is 9.50. The summed E-state index contributed by atoms with van der Waals surface area (Å²) in [5, 5.41) is 10.1. The first kappa shape index (κ1) is 23.1. The molecule has 0 fully saturated rings. The van der Waals surface area contributed by atoms with Crippen LogP contribution in [0.2, 0.25) is 0 Å². The number of ether oxygens (including phenoxy) is 3. The Balaban J connectivity index is 1.69. The van der Waals surface area contributed by atoms with E-state index < -0.39 is 15.7 Å². The topological polar surface area (TPSA) is 130 Å². The smallest absolute Gasteiger partial charge is 0.322 e. The second-order valence-corrected chi connectivity index (χ2v) is 8.87. The van der Waals surface area contributed by atoms with E-state index in [9.17, 15) is 13.2 Å². The van der Waals surface area contributed by atoms with Crippen molar-refractivity contribution in [2.24, 2.45) is 0 Å². The van der Waals surface area contributed by atoms with Crippen LogP contribution in [0.15, 0.2) is 45.7 Å². The molecule has 1 aromatic heterocycles. The number of hydrogen-bond acceptors (Lipinski definition) is 9. The average molecular weight is 461 g/mol. The second kappa shape index (κ2) is 9.69. The minimum atomic E-state index is -3.59. The largest absolute Gasteiger partial charge is 0.493 e. The number of anilines is 1. The molecule has 0 unspecified atom stereocenters. The highest BCUT2D eigenvalue weighted by Gasteiger charge is 2.20. The van der Waals surface area contributed by atoms with E-state index in [2.05, 4.69) is 15.5 Å². The number of aryl methyl sites for hydroxylation is 1. The zero-order valence-corrected chi connectivity index (χ0v) is 18.9. The molecule has 0 aliphatic heterocycles. The number of sulfone groups is 1. The summed E-state index contributed by atoms with van der Waals surface area (Å²) in [5.41, 5.74) is 1.43. The molecule has 1 N–H and O–H groups in total. The van der Waals surface area contributed by atoms with Crippen LogP contribution in [-0.4, -0.2) is 51.6 Å². The van der Waals surface area contributed by atoms with Crippen molar-refractivity contribution in [3.05, 3.63) is 42.0 Å². The van der Waals surface area contributed by atoms with E-state index >= 15 is 0 Å². The second-order valence-electron chi connectivity index (χ2n) is 6.76. The van der Waals surface area contributed by atoms with Crippen LogP contribution in [0, 0.1) is 6.92 Å². The molecule has 3 aromatic rings. The van der Waals surface area contributed by atoms with Crippen LogP contribution in [-0.2, 0) is 14.6 Å². The zero-order valence-electron chi connectivity index (χ0n) is 18.0. The van der Waals surface area contributed by atoms with Crippen LogP contribution in [0.1, 0.15) is 12.0 Å². The summed E-state index contributed by atoms with van der Waals surface area (Å²) in [6.07, 6.45) is -0.266. The number of hydrogen-bond donors (Lipinski definition) is 1. The molecule has 0 saturated carbocycles. The van der Waals surface area contributed by atoms with Crippen LogP contribution in [0.25, 0.3) is 11.5 Å². The van der Waals surface area contributed by atoms with Gasteiger partial charge in [0.05, 0.1) is 32.0 Å². The predicted molar refractivity (Wildman–Crippen MR) is 116 cm³/mol. The molecule has 2 aromatic carbocycles. The molecule has 0 bridgehead atoms. The standard InChI is InChI=1S/C21H23N3O7S/c1-13-5-7-15(8-6-13)32(26,27)10-9-18(25)22-21-24-23-20(31-21)14-11-16(28-2)19(30-4)17(12-14)29-3/h5-8,11-12H,9-10H2,1-4H3,(H,22,24,25). The molecule has 170 valence electrons. The van der Waals surface area contributed by atoms with Crippen molar-refractivity contribution in [2.75, 3.05) is 32.4 Å². The fourth-order valence-corrected chi connectivity index (χ4v) is 4.11.